The standard InChI is InChI=1S/C18H37N3Si2/c1-7-19-23(20-8-2,18-16-14-13-15-17-18)21(9-3)22(10-4,11-5)12-6/h13-17,19-20H,7-12H2,1-6H3. The summed E-state index contributed by atoms with van der Waals surface area (Å²) in [5, 5.41) is 1.47. The fourth-order valence-corrected chi connectivity index (χ4v) is 15.9. The van der Waals surface area contributed by atoms with Crippen LogP contribution in [-0.4, -0.2) is 40.7 Å². The topological polar surface area (TPSA) is 27.3 Å². The molecule has 0 bridgehead atoms. The molecule has 0 aromatic heterocycles. The van der Waals surface area contributed by atoms with E-state index in [1.165, 1.54) is 23.3 Å². The monoisotopic (exact) mass is 351 g/mol. The third-order valence-corrected chi connectivity index (χ3v) is 17.2. The zero-order valence-electron chi connectivity index (χ0n) is 16.1. The average Bonchev–Trinajstić information content (AvgIpc) is 2.60. The van der Waals surface area contributed by atoms with Gasteiger partial charge in [0.05, 0.1) is 0 Å². The predicted octanol–water partition coefficient (Wildman–Crippen LogP) is 3.38. The maximum atomic E-state index is 3.96. The van der Waals surface area contributed by atoms with Crippen molar-refractivity contribution >= 4 is 22.0 Å². The Labute approximate surface area is 146 Å². The summed E-state index contributed by atoms with van der Waals surface area (Å²) < 4.78 is 2.93. The minimum Gasteiger partial charge on any atom is -0.317 e. The number of hydrogen-bond donors (Lipinski definition) is 2. The van der Waals surface area contributed by atoms with E-state index in [0.717, 1.165) is 19.6 Å². The van der Waals surface area contributed by atoms with Crippen molar-refractivity contribution in [3.05, 3.63) is 30.3 Å². The van der Waals surface area contributed by atoms with Gasteiger partial charge in [0.25, 0.3) is 0 Å². The van der Waals surface area contributed by atoms with Crippen molar-refractivity contribution in [2.45, 2.75) is 59.7 Å². The van der Waals surface area contributed by atoms with Gasteiger partial charge in [0.1, 0.15) is 8.24 Å². The number of rotatable bonds is 11. The Balaban J connectivity index is 3.51. The van der Waals surface area contributed by atoms with E-state index < -0.39 is 16.8 Å². The van der Waals surface area contributed by atoms with Gasteiger partial charge in [0.15, 0.2) is 0 Å². The quantitative estimate of drug-likeness (QED) is 0.599. The summed E-state index contributed by atoms with van der Waals surface area (Å²) in [5.74, 6) is 0. The molecule has 0 fully saturated rings. The van der Waals surface area contributed by atoms with Gasteiger partial charge < -0.3 is 14.2 Å². The molecular weight excluding hydrogens is 314 g/mol. The van der Waals surface area contributed by atoms with Crippen LogP contribution in [0.25, 0.3) is 0 Å². The van der Waals surface area contributed by atoms with E-state index in [9.17, 15) is 0 Å². The molecule has 0 aliphatic rings. The third kappa shape index (κ3) is 4.14. The van der Waals surface area contributed by atoms with E-state index >= 15 is 0 Å². The van der Waals surface area contributed by atoms with Crippen LogP contribution in [0, 0.1) is 0 Å². The molecule has 2 N–H and O–H groups in total. The fraction of sp³-hybridized carbons (Fsp3) is 0.667. The van der Waals surface area contributed by atoms with Crippen LogP contribution in [0.5, 0.6) is 0 Å². The zero-order valence-corrected chi connectivity index (χ0v) is 18.1. The second-order valence-electron chi connectivity index (χ2n) is 6.17. The summed E-state index contributed by atoms with van der Waals surface area (Å²) in [7, 11) is -3.57. The summed E-state index contributed by atoms with van der Waals surface area (Å²) in [6.07, 6.45) is 0. The summed E-state index contributed by atoms with van der Waals surface area (Å²) in [6.45, 7) is 17.2. The van der Waals surface area contributed by atoms with Crippen molar-refractivity contribution in [2.75, 3.05) is 19.6 Å². The molecule has 0 aliphatic heterocycles. The SMILES string of the molecule is CCN[Si](NCC)(c1ccccc1)N(CC)[Si](CC)(CC)CC. The van der Waals surface area contributed by atoms with Crippen molar-refractivity contribution in [3.63, 3.8) is 0 Å². The molecule has 3 nitrogen and oxygen atoms in total. The molecule has 0 radical (unpaired) electrons. The lowest BCUT2D eigenvalue weighted by atomic mass is 10.4. The molecule has 5 heteroatoms. The van der Waals surface area contributed by atoms with Crippen LogP contribution in [0.2, 0.25) is 18.1 Å². The Morgan fingerprint density at radius 3 is 1.61 bits per heavy atom. The molecule has 0 saturated heterocycles. The molecule has 132 valence electrons. The molecule has 0 aliphatic carbocycles. The lowest BCUT2D eigenvalue weighted by Crippen LogP contribution is -2.84. The van der Waals surface area contributed by atoms with E-state index in [0.29, 0.717) is 0 Å². The summed E-state index contributed by atoms with van der Waals surface area (Å²) in [6, 6.07) is 15.1. The molecule has 0 atom stereocenters. The lowest BCUT2D eigenvalue weighted by Gasteiger charge is -2.52. The summed E-state index contributed by atoms with van der Waals surface area (Å²) >= 11 is 0. The van der Waals surface area contributed by atoms with Crippen molar-refractivity contribution in [1.29, 1.82) is 0 Å². The van der Waals surface area contributed by atoms with Gasteiger partial charge >= 0.3 is 8.56 Å². The number of nitrogens with zero attached hydrogens (tertiary/aromatic N) is 1. The van der Waals surface area contributed by atoms with E-state index in [2.05, 4.69) is 86.1 Å². The fourth-order valence-electron chi connectivity index (χ4n) is 4.06. The van der Waals surface area contributed by atoms with E-state index in [1.54, 1.807) is 0 Å². The normalized spacial score (nSPS) is 12.8. The van der Waals surface area contributed by atoms with Gasteiger partial charge in [0, 0.05) is 0 Å². The van der Waals surface area contributed by atoms with Crippen LogP contribution in [0.15, 0.2) is 30.3 Å². The van der Waals surface area contributed by atoms with Crippen molar-refractivity contribution < 1.29 is 0 Å². The minimum atomic E-state index is -2.10. The van der Waals surface area contributed by atoms with E-state index in [1.807, 2.05) is 0 Å². The van der Waals surface area contributed by atoms with Gasteiger partial charge in [-0.05, 0) is 43.0 Å². The van der Waals surface area contributed by atoms with Crippen LogP contribution < -0.4 is 15.2 Å². The third-order valence-electron chi connectivity index (χ3n) is 5.32. The molecule has 0 saturated carbocycles. The Hall–Kier alpha value is -0.466. The van der Waals surface area contributed by atoms with Gasteiger partial charge in [-0.1, -0.05) is 71.9 Å². The molecule has 1 rings (SSSR count). The molecule has 1 aromatic carbocycles. The molecule has 0 amide bonds. The first-order valence-electron chi connectivity index (χ1n) is 9.43. The maximum absolute atomic E-state index is 3.96. The van der Waals surface area contributed by atoms with Gasteiger partial charge in [-0.2, -0.15) is 0 Å². The van der Waals surface area contributed by atoms with Gasteiger partial charge in [-0.3, -0.25) is 0 Å². The second-order valence-corrected chi connectivity index (χ2v) is 15.0. The Morgan fingerprint density at radius 2 is 1.26 bits per heavy atom. The first kappa shape index (κ1) is 20.6. The Bertz CT molecular complexity index is 421. The lowest BCUT2D eigenvalue weighted by molar-refractivity contribution is 0.579. The number of nitrogens with one attached hydrogen (secondary N) is 2. The maximum Gasteiger partial charge on any atom is 0.311 e. The van der Waals surface area contributed by atoms with Gasteiger partial charge in [-0.25, -0.2) is 0 Å². The molecule has 23 heavy (non-hydrogen) atoms. The van der Waals surface area contributed by atoms with Crippen LogP contribution in [0.1, 0.15) is 41.5 Å². The average molecular weight is 352 g/mol. The van der Waals surface area contributed by atoms with Crippen molar-refractivity contribution in [1.82, 2.24) is 14.2 Å². The van der Waals surface area contributed by atoms with Crippen LogP contribution in [0.4, 0.5) is 0 Å². The van der Waals surface area contributed by atoms with Crippen molar-refractivity contribution in [3.8, 4) is 0 Å². The van der Waals surface area contributed by atoms with Gasteiger partial charge in [0.2, 0.25) is 0 Å². The first-order chi connectivity index (χ1) is 11.1. The van der Waals surface area contributed by atoms with Crippen molar-refractivity contribution in [2.24, 2.45) is 0 Å². The smallest absolute Gasteiger partial charge is 0.311 e. The number of benzene rings is 1. The Kier molecular flexibility index (Phi) is 8.71. The van der Waals surface area contributed by atoms with Gasteiger partial charge in [-0.15, -0.1) is 0 Å². The highest BCUT2D eigenvalue weighted by Crippen LogP contribution is 2.28. The second kappa shape index (κ2) is 9.74. The highest BCUT2D eigenvalue weighted by Gasteiger charge is 2.49. The molecule has 0 unspecified atom stereocenters. The highest BCUT2D eigenvalue weighted by atomic mass is 28.4. The molecule has 0 heterocycles. The van der Waals surface area contributed by atoms with Crippen LogP contribution in [0.3, 0.4) is 0 Å². The number of hydrogen-bond acceptors (Lipinski definition) is 3. The Morgan fingerprint density at radius 1 is 0.783 bits per heavy atom. The van der Waals surface area contributed by atoms with Crippen LogP contribution in [-0.2, 0) is 0 Å². The first-order valence-corrected chi connectivity index (χ1v) is 14.0. The summed E-state index contributed by atoms with van der Waals surface area (Å²) in [4.78, 5) is 7.92. The minimum absolute atomic E-state index is 1.01. The molecule has 1 aromatic rings. The highest BCUT2D eigenvalue weighted by molar-refractivity contribution is 6.96. The molecular formula is C18H37N3Si2. The van der Waals surface area contributed by atoms with E-state index in [-0.39, 0.29) is 0 Å². The van der Waals surface area contributed by atoms with E-state index in [4.69, 9.17) is 0 Å². The largest absolute Gasteiger partial charge is 0.317 e. The van der Waals surface area contributed by atoms with Crippen LogP contribution >= 0.6 is 0 Å². The molecule has 0 spiro atoms. The summed E-state index contributed by atoms with van der Waals surface area (Å²) in [5.41, 5.74) is 0. The predicted molar refractivity (Wildman–Crippen MR) is 109 cm³/mol. The zero-order chi connectivity index (χ0) is 17.3.